The molecule has 1 fully saturated rings. The van der Waals surface area contributed by atoms with E-state index in [0.29, 0.717) is 11.3 Å². The quantitative estimate of drug-likeness (QED) is 0.844. The highest BCUT2D eigenvalue weighted by Crippen LogP contribution is 2.35. The Morgan fingerprint density at radius 3 is 2.16 bits per heavy atom. The van der Waals surface area contributed by atoms with Crippen molar-refractivity contribution in [3.63, 3.8) is 0 Å². The summed E-state index contributed by atoms with van der Waals surface area (Å²) in [7, 11) is 0. The molecule has 1 amide bonds. The third-order valence-corrected chi connectivity index (χ3v) is 3.72. The van der Waals surface area contributed by atoms with Crippen molar-refractivity contribution in [1.82, 2.24) is 4.90 Å². The molecule has 3 unspecified atom stereocenters. The van der Waals surface area contributed by atoms with Gasteiger partial charge in [0.1, 0.15) is 0 Å². The molecule has 0 aromatic rings. The summed E-state index contributed by atoms with van der Waals surface area (Å²) in [6, 6.07) is -1.52. The van der Waals surface area contributed by atoms with Crippen LogP contribution in [0.4, 0.5) is 13.2 Å². The number of likely N-dealkylation sites (tertiary alicyclic amines) is 1. The zero-order valence-electron chi connectivity index (χ0n) is 11.1. The molecule has 0 bridgehead atoms. The molecule has 1 saturated heterocycles. The summed E-state index contributed by atoms with van der Waals surface area (Å²) in [4.78, 5) is 23.3. The largest absolute Gasteiger partial charge is 0.481 e. The molecule has 110 valence electrons. The van der Waals surface area contributed by atoms with E-state index in [2.05, 4.69) is 0 Å². The lowest BCUT2D eigenvalue weighted by molar-refractivity contribution is -0.196. The average Bonchev–Trinajstić information content (AvgIpc) is 2.25. The van der Waals surface area contributed by atoms with Gasteiger partial charge in [-0.25, -0.2) is 0 Å². The molecule has 0 spiro atoms. The number of carboxylic acids is 1. The lowest BCUT2D eigenvalue weighted by Crippen LogP contribution is -2.59. The number of hydrogen-bond acceptors (Lipinski definition) is 2. The molecule has 7 heteroatoms. The Bertz CT molecular complexity index is 368. The minimum Gasteiger partial charge on any atom is -0.481 e. The molecule has 4 nitrogen and oxygen atoms in total. The van der Waals surface area contributed by atoms with Gasteiger partial charge in [0.05, 0.1) is 5.92 Å². The topological polar surface area (TPSA) is 57.6 Å². The van der Waals surface area contributed by atoms with Crippen LogP contribution in [0.15, 0.2) is 0 Å². The van der Waals surface area contributed by atoms with Gasteiger partial charge in [0.2, 0.25) is 0 Å². The van der Waals surface area contributed by atoms with Crippen LogP contribution in [0.25, 0.3) is 0 Å². The number of piperidine rings is 1. The Kier molecular flexibility index (Phi) is 4.47. The molecule has 1 N–H and O–H groups in total. The van der Waals surface area contributed by atoms with Crippen molar-refractivity contribution < 1.29 is 27.9 Å². The number of nitrogens with zero attached hydrogens (tertiary/aromatic N) is 1. The first-order chi connectivity index (χ1) is 8.57. The predicted molar refractivity (Wildman–Crippen MR) is 61.3 cm³/mol. The molecule has 1 aliphatic heterocycles. The highest BCUT2D eigenvalue weighted by molar-refractivity contribution is 5.83. The highest BCUT2D eigenvalue weighted by Gasteiger charge is 2.50. The Morgan fingerprint density at radius 1 is 1.26 bits per heavy atom. The van der Waals surface area contributed by atoms with Crippen LogP contribution in [0.5, 0.6) is 0 Å². The van der Waals surface area contributed by atoms with E-state index in [1.165, 1.54) is 6.92 Å². The van der Waals surface area contributed by atoms with Crippen molar-refractivity contribution in [3.05, 3.63) is 0 Å². The lowest BCUT2D eigenvalue weighted by Gasteiger charge is -2.45. The van der Waals surface area contributed by atoms with Crippen molar-refractivity contribution in [2.45, 2.75) is 51.9 Å². The van der Waals surface area contributed by atoms with Crippen LogP contribution < -0.4 is 0 Å². The van der Waals surface area contributed by atoms with Gasteiger partial charge >= 0.3 is 18.1 Å². The number of hydrogen-bond donors (Lipinski definition) is 1. The van der Waals surface area contributed by atoms with Crippen molar-refractivity contribution in [1.29, 1.82) is 0 Å². The van der Waals surface area contributed by atoms with Gasteiger partial charge in [0.25, 0.3) is 0 Å². The van der Waals surface area contributed by atoms with Crippen molar-refractivity contribution in [2.24, 2.45) is 11.8 Å². The van der Waals surface area contributed by atoms with Crippen LogP contribution in [0.3, 0.4) is 0 Å². The zero-order chi connectivity index (χ0) is 15.0. The maximum Gasteiger partial charge on any atom is 0.471 e. The molecule has 3 atom stereocenters. The molecule has 0 aromatic heterocycles. The first-order valence-electron chi connectivity index (χ1n) is 6.19. The third kappa shape index (κ3) is 3.19. The van der Waals surface area contributed by atoms with Crippen LogP contribution in [-0.2, 0) is 9.59 Å². The number of rotatable bonds is 2. The lowest BCUT2D eigenvalue weighted by atomic mass is 9.82. The van der Waals surface area contributed by atoms with Crippen molar-refractivity contribution in [2.75, 3.05) is 0 Å². The van der Waals surface area contributed by atoms with E-state index in [0.717, 1.165) is 0 Å². The minimum atomic E-state index is -4.97. The summed E-state index contributed by atoms with van der Waals surface area (Å²) >= 11 is 0. The second-order valence-corrected chi connectivity index (χ2v) is 5.28. The van der Waals surface area contributed by atoms with E-state index in [9.17, 15) is 22.8 Å². The molecular formula is C12H18F3NO3. The van der Waals surface area contributed by atoms with Crippen LogP contribution in [0, 0.1) is 11.8 Å². The number of alkyl halides is 3. The van der Waals surface area contributed by atoms with Gasteiger partial charge in [-0.2, -0.15) is 13.2 Å². The molecule has 19 heavy (non-hydrogen) atoms. The fourth-order valence-electron chi connectivity index (χ4n) is 2.69. The Hall–Kier alpha value is -1.27. The smallest absolute Gasteiger partial charge is 0.471 e. The molecular weight excluding hydrogens is 263 g/mol. The fraction of sp³-hybridized carbons (Fsp3) is 0.833. The molecule has 0 aromatic carbocycles. The third-order valence-electron chi connectivity index (χ3n) is 3.72. The van der Waals surface area contributed by atoms with E-state index in [4.69, 9.17) is 5.11 Å². The van der Waals surface area contributed by atoms with Gasteiger partial charge in [-0.05, 0) is 25.7 Å². The number of carbonyl (C=O) groups excluding carboxylic acids is 1. The number of carboxylic acid groups (broad SMARTS) is 1. The normalized spacial score (nSPS) is 28.6. The van der Waals surface area contributed by atoms with Crippen LogP contribution in [0.2, 0.25) is 0 Å². The van der Waals surface area contributed by atoms with Crippen LogP contribution >= 0.6 is 0 Å². The second-order valence-electron chi connectivity index (χ2n) is 5.28. The van der Waals surface area contributed by atoms with Gasteiger partial charge in [0, 0.05) is 12.1 Å². The summed E-state index contributed by atoms with van der Waals surface area (Å²) in [5, 5.41) is 9.02. The molecule has 1 rings (SSSR count). The van der Waals surface area contributed by atoms with Crippen molar-refractivity contribution >= 4 is 11.9 Å². The molecule has 1 aliphatic rings. The Morgan fingerprint density at radius 2 is 1.79 bits per heavy atom. The molecule has 0 saturated carbocycles. The van der Waals surface area contributed by atoms with Gasteiger partial charge in [-0.1, -0.05) is 13.8 Å². The average molecular weight is 281 g/mol. The van der Waals surface area contributed by atoms with Gasteiger partial charge in [0.15, 0.2) is 0 Å². The summed E-state index contributed by atoms with van der Waals surface area (Å²) in [6.07, 6.45) is -4.40. The van der Waals surface area contributed by atoms with Crippen LogP contribution in [0.1, 0.15) is 33.6 Å². The SMILES string of the molecule is CC(C)C1CCC(C(=O)O)C(C)N1C(=O)C(F)(F)F. The standard InChI is InChI=1S/C12H18F3NO3/c1-6(2)9-5-4-8(10(17)18)7(3)16(9)11(19)12(13,14)15/h6-9H,4-5H2,1-3H3,(H,17,18). The first kappa shape index (κ1) is 15.8. The number of aliphatic carboxylic acids is 1. The molecule has 0 aliphatic carbocycles. The van der Waals surface area contributed by atoms with E-state index in [1.807, 2.05) is 0 Å². The second kappa shape index (κ2) is 5.38. The minimum absolute atomic E-state index is 0.150. The summed E-state index contributed by atoms with van der Waals surface area (Å²) in [6.45, 7) is 4.83. The number of halogens is 3. The Balaban J connectivity index is 3.08. The van der Waals surface area contributed by atoms with Gasteiger partial charge < -0.3 is 10.0 Å². The van der Waals surface area contributed by atoms with E-state index in [-0.39, 0.29) is 12.3 Å². The highest BCUT2D eigenvalue weighted by atomic mass is 19.4. The van der Waals surface area contributed by atoms with E-state index in [1.54, 1.807) is 13.8 Å². The zero-order valence-corrected chi connectivity index (χ0v) is 11.1. The molecule has 0 radical (unpaired) electrons. The Labute approximate surface area is 109 Å². The maximum atomic E-state index is 12.6. The number of amides is 1. The summed E-state index contributed by atoms with van der Waals surface area (Å²) in [5.74, 6) is -4.19. The fourth-order valence-corrected chi connectivity index (χ4v) is 2.69. The number of carbonyl (C=O) groups is 2. The van der Waals surface area contributed by atoms with E-state index < -0.39 is 36.1 Å². The molecule has 1 heterocycles. The monoisotopic (exact) mass is 281 g/mol. The van der Waals surface area contributed by atoms with E-state index >= 15 is 0 Å². The van der Waals surface area contributed by atoms with Crippen molar-refractivity contribution in [3.8, 4) is 0 Å². The first-order valence-corrected chi connectivity index (χ1v) is 6.19. The van der Waals surface area contributed by atoms with Crippen LogP contribution in [-0.4, -0.2) is 40.1 Å². The van der Waals surface area contributed by atoms with Gasteiger partial charge in [-0.3, -0.25) is 9.59 Å². The predicted octanol–water partition coefficient (Wildman–Crippen LogP) is 2.29. The maximum absolute atomic E-state index is 12.6. The summed E-state index contributed by atoms with van der Waals surface area (Å²) < 4.78 is 37.9. The summed E-state index contributed by atoms with van der Waals surface area (Å²) in [5.41, 5.74) is 0. The van der Waals surface area contributed by atoms with Gasteiger partial charge in [-0.15, -0.1) is 0 Å².